The summed E-state index contributed by atoms with van der Waals surface area (Å²) in [6, 6.07) is 7.58. The lowest BCUT2D eigenvalue weighted by atomic mass is 10.2. The van der Waals surface area contributed by atoms with Crippen molar-refractivity contribution in [3.8, 4) is 11.8 Å². The van der Waals surface area contributed by atoms with Gasteiger partial charge in [-0.2, -0.15) is 5.26 Å². The average Bonchev–Trinajstić information content (AvgIpc) is 2.43. The second kappa shape index (κ2) is 8.76. The van der Waals surface area contributed by atoms with E-state index in [4.69, 9.17) is 26.3 Å². The second-order valence-corrected chi connectivity index (χ2v) is 4.44. The van der Waals surface area contributed by atoms with Gasteiger partial charge >= 0.3 is 0 Å². The number of rotatable bonds is 8. The van der Waals surface area contributed by atoms with Gasteiger partial charge in [-0.1, -0.05) is 24.6 Å². The van der Waals surface area contributed by atoms with Crippen molar-refractivity contribution in [1.29, 1.82) is 5.26 Å². The van der Waals surface area contributed by atoms with Crippen LogP contribution in [-0.4, -0.2) is 26.4 Å². The molecule has 0 amide bonds. The Balaban J connectivity index is 2.74. The van der Waals surface area contributed by atoms with Gasteiger partial charge in [-0.15, -0.1) is 0 Å². The molecule has 0 aromatic heterocycles. The molecule has 0 aliphatic carbocycles. The molecular weight excluding hydrogens is 264 g/mol. The maximum atomic E-state index is 8.95. The van der Waals surface area contributed by atoms with Crippen molar-refractivity contribution in [3.63, 3.8) is 0 Å². The highest BCUT2D eigenvalue weighted by Crippen LogP contribution is 2.27. The minimum absolute atomic E-state index is 0.448. The minimum Gasteiger partial charge on any atom is -0.475 e. The van der Waals surface area contributed by atoms with Gasteiger partial charge < -0.3 is 14.8 Å². The fraction of sp³-hybridized carbons (Fsp3) is 0.500. The van der Waals surface area contributed by atoms with Crippen LogP contribution in [0.25, 0.3) is 0 Å². The van der Waals surface area contributed by atoms with Gasteiger partial charge in [-0.3, -0.25) is 0 Å². The van der Waals surface area contributed by atoms with Gasteiger partial charge in [0.1, 0.15) is 11.8 Å². The van der Waals surface area contributed by atoms with E-state index in [0.717, 1.165) is 12.1 Å². The predicted molar refractivity (Wildman–Crippen MR) is 75.4 cm³/mol. The molecule has 1 aromatic rings. The smallest absolute Gasteiger partial charge is 0.184 e. The quantitative estimate of drug-likeness (QED) is 0.745. The summed E-state index contributed by atoms with van der Waals surface area (Å²) in [4.78, 5) is 0. The van der Waals surface area contributed by atoms with E-state index in [1.54, 1.807) is 7.11 Å². The lowest BCUT2D eigenvalue weighted by Gasteiger charge is -2.16. The lowest BCUT2D eigenvalue weighted by molar-refractivity contribution is 0.198. The molecule has 1 rings (SSSR count). The molecule has 19 heavy (non-hydrogen) atoms. The molecular formula is C14H19ClN2O2. The molecule has 0 aliphatic heterocycles. The number of methoxy groups -OCH3 is 1. The van der Waals surface area contributed by atoms with Crippen LogP contribution < -0.4 is 10.1 Å². The van der Waals surface area contributed by atoms with E-state index in [2.05, 4.69) is 11.4 Å². The van der Waals surface area contributed by atoms with Crippen LogP contribution >= 0.6 is 11.6 Å². The average molecular weight is 283 g/mol. The SMILES string of the molecule is CCC(C#N)Oc1cccc(Cl)c1CNCCOC. The third-order valence-corrected chi connectivity index (χ3v) is 3.00. The molecule has 1 N–H and O–H groups in total. The molecule has 0 heterocycles. The molecule has 5 heteroatoms. The first-order valence-corrected chi connectivity index (χ1v) is 6.64. The molecule has 0 fully saturated rings. The van der Waals surface area contributed by atoms with Crippen molar-refractivity contribution < 1.29 is 9.47 Å². The van der Waals surface area contributed by atoms with E-state index in [1.807, 2.05) is 25.1 Å². The molecule has 0 saturated heterocycles. The number of hydrogen-bond acceptors (Lipinski definition) is 4. The predicted octanol–water partition coefficient (Wildman–Crippen LogP) is 2.76. The maximum Gasteiger partial charge on any atom is 0.184 e. The number of halogens is 1. The molecule has 4 nitrogen and oxygen atoms in total. The topological polar surface area (TPSA) is 54.3 Å². The van der Waals surface area contributed by atoms with Crippen molar-refractivity contribution in [3.05, 3.63) is 28.8 Å². The lowest BCUT2D eigenvalue weighted by Crippen LogP contribution is -2.20. The molecule has 0 saturated carbocycles. The van der Waals surface area contributed by atoms with E-state index in [-0.39, 0.29) is 0 Å². The molecule has 1 atom stereocenters. The van der Waals surface area contributed by atoms with Gasteiger partial charge in [0.2, 0.25) is 0 Å². The first-order valence-electron chi connectivity index (χ1n) is 6.26. The fourth-order valence-electron chi connectivity index (χ4n) is 1.56. The Hall–Kier alpha value is -1.28. The zero-order valence-corrected chi connectivity index (χ0v) is 12.0. The van der Waals surface area contributed by atoms with Crippen molar-refractivity contribution in [2.75, 3.05) is 20.3 Å². The summed E-state index contributed by atoms with van der Waals surface area (Å²) in [6.07, 6.45) is 0.190. The van der Waals surface area contributed by atoms with Gasteiger partial charge in [-0.05, 0) is 18.6 Å². The molecule has 104 valence electrons. The molecule has 0 spiro atoms. The summed E-state index contributed by atoms with van der Waals surface area (Å²) in [7, 11) is 1.66. The molecule has 0 radical (unpaired) electrons. The van der Waals surface area contributed by atoms with Gasteiger partial charge in [0.05, 0.1) is 6.61 Å². The Bertz CT molecular complexity index is 432. The van der Waals surface area contributed by atoms with Crippen molar-refractivity contribution in [2.45, 2.75) is 26.0 Å². The monoisotopic (exact) mass is 282 g/mol. The summed E-state index contributed by atoms with van der Waals surface area (Å²) < 4.78 is 10.6. The Morgan fingerprint density at radius 3 is 2.89 bits per heavy atom. The number of nitrogens with one attached hydrogen (secondary N) is 1. The summed E-state index contributed by atoms with van der Waals surface area (Å²) in [5.41, 5.74) is 0.869. The summed E-state index contributed by atoms with van der Waals surface area (Å²) >= 11 is 6.18. The Labute approximate surface area is 119 Å². The van der Waals surface area contributed by atoms with Crippen LogP contribution in [0.5, 0.6) is 5.75 Å². The number of ether oxygens (including phenoxy) is 2. The van der Waals surface area contributed by atoms with Crippen LogP contribution in [-0.2, 0) is 11.3 Å². The normalized spacial score (nSPS) is 11.9. The van der Waals surface area contributed by atoms with E-state index >= 15 is 0 Å². The highest BCUT2D eigenvalue weighted by Gasteiger charge is 2.12. The van der Waals surface area contributed by atoms with Gasteiger partial charge in [0, 0.05) is 30.8 Å². The second-order valence-electron chi connectivity index (χ2n) is 4.03. The van der Waals surface area contributed by atoms with Crippen LogP contribution in [0.2, 0.25) is 5.02 Å². The van der Waals surface area contributed by atoms with Gasteiger partial charge in [0.15, 0.2) is 6.10 Å². The first kappa shape index (κ1) is 15.8. The largest absolute Gasteiger partial charge is 0.475 e. The zero-order valence-electron chi connectivity index (χ0n) is 11.3. The first-order chi connectivity index (χ1) is 9.22. The van der Waals surface area contributed by atoms with Crippen molar-refractivity contribution >= 4 is 11.6 Å². The highest BCUT2D eigenvalue weighted by atomic mass is 35.5. The van der Waals surface area contributed by atoms with Crippen LogP contribution in [0.3, 0.4) is 0 Å². The van der Waals surface area contributed by atoms with Gasteiger partial charge in [0.25, 0.3) is 0 Å². The third-order valence-electron chi connectivity index (χ3n) is 2.64. The number of benzene rings is 1. The van der Waals surface area contributed by atoms with Crippen LogP contribution in [0.4, 0.5) is 0 Å². The highest BCUT2D eigenvalue weighted by molar-refractivity contribution is 6.31. The Morgan fingerprint density at radius 1 is 1.47 bits per heavy atom. The van der Waals surface area contributed by atoms with E-state index in [9.17, 15) is 0 Å². The number of nitrogens with zero attached hydrogens (tertiary/aromatic N) is 1. The van der Waals surface area contributed by atoms with E-state index in [0.29, 0.717) is 30.3 Å². The van der Waals surface area contributed by atoms with E-state index < -0.39 is 6.10 Å². The summed E-state index contributed by atoms with van der Waals surface area (Å²) in [5.74, 6) is 0.658. The van der Waals surface area contributed by atoms with Crippen molar-refractivity contribution in [1.82, 2.24) is 5.32 Å². The number of nitriles is 1. The molecule has 0 aliphatic rings. The van der Waals surface area contributed by atoms with Gasteiger partial charge in [-0.25, -0.2) is 0 Å². The Kier molecular flexibility index (Phi) is 7.27. The summed E-state index contributed by atoms with van der Waals surface area (Å²) in [5, 5.41) is 12.8. The van der Waals surface area contributed by atoms with E-state index in [1.165, 1.54) is 0 Å². The van der Waals surface area contributed by atoms with Crippen LogP contribution in [0, 0.1) is 11.3 Å². The number of hydrogen-bond donors (Lipinski definition) is 1. The molecule has 1 unspecified atom stereocenters. The molecule has 1 aromatic carbocycles. The zero-order chi connectivity index (χ0) is 14.1. The molecule has 0 bridgehead atoms. The Morgan fingerprint density at radius 2 is 2.26 bits per heavy atom. The summed E-state index contributed by atoms with van der Waals surface area (Å²) in [6.45, 7) is 3.86. The van der Waals surface area contributed by atoms with Crippen molar-refractivity contribution in [2.24, 2.45) is 0 Å². The standard InChI is InChI=1S/C14H19ClN2O2/c1-3-11(9-16)19-14-6-4-5-13(15)12(14)10-17-7-8-18-2/h4-6,11,17H,3,7-8,10H2,1-2H3. The van der Waals surface area contributed by atoms with Crippen LogP contribution in [0.15, 0.2) is 18.2 Å². The fourth-order valence-corrected chi connectivity index (χ4v) is 1.80. The minimum atomic E-state index is -0.448. The third kappa shape index (κ3) is 5.07. The van der Waals surface area contributed by atoms with Crippen LogP contribution in [0.1, 0.15) is 18.9 Å². The maximum absolute atomic E-state index is 8.95.